The third-order valence-corrected chi connectivity index (χ3v) is 3.76. The number of hydrogen-bond donors (Lipinski definition) is 1. The normalized spacial score (nSPS) is 12.2. The summed E-state index contributed by atoms with van der Waals surface area (Å²) in [6.07, 6.45) is 3.01. The van der Waals surface area contributed by atoms with Crippen LogP contribution < -0.4 is 10.2 Å². The Kier molecular flexibility index (Phi) is 8.43. The van der Waals surface area contributed by atoms with Gasteiger partial charge in [0.1, 0.15) is 0 Å². The Morgan fingerprint density at radius 3 is 2.81 bits per heavy atom. The number of nitrogens with one attached hydrogen (secondary N) is 1. The molecule has 0 bridgehead atoms. The van der Waals surface area contributed by atoms with Crippen molar-refractivity contribution in [3.63, 3.8) is 0 Å². The first-order valence-electron chi connectivity index (χ1n) is 7.51. The third kappa shape index (κ3) is 5.70. The van der Waals surface area contributed by atoms with Gasteiger partial charge in [0.05, 0.1) is 6.61 Å². The topological polar surface area (TPSA) is 24.5 Å². The van der Waals surface area contributed by atoms with Crippen LogP contribution in [-0.2, 0) is 4.74 Å². The summed E-state index contributed by atoms with van der Waals surface area (Å²) in [6.45, 7) is 11.4. The first-order chi connectivity index (χ1) is 10.1. The van der Waals surface area contributed by atoms with Crippen LogP contribution in [0.25, 0.3) is 0 Å². The van der Waals surface area contributed by atoms with E-state index in [0.29, 0.717) is 6.61 Å². The predicted octanol–water partition coefficient (Wildman–Crippen LogP) is 4.04. The highest BCUT2D eigenvalue weighted by Gasteiger charge is 2.12. The van der Waals surface area contributed by atoms with E-state index in [1.807, 2.05) is 12.1 Å². The maximum absolute atomic E-state index is 6.46. The van der Waals surface area contributed by atoms with Gasteiger partial charge < -0.3 is 15.0 Å². The maximum atomic E-state index is 6.46. The van der Waals surface area contributed by atoms with Crippen LogP contribution in [0.15, 0.2) is 30.9 Å². The molecule has 3 nitrogen and oxygen atoms in total. The first-order valence-corrected chi connectivity index (χ1v) is 7.89. The Morgan fingerprint density at radius 2 is 2.24 bits per heavy atom. The second-order valence-corrected chi connectivity index (χ2v) is 5.52. The Labute approximate surface area is 133 Å². The van der Waals surface area contributed by atoms with Crippen LogP contribution in [0.1, 0.15) is 31.9 Å². The van der Waals surface area contributed by atoms with Gasteiger partial charge in [-0.1, -0.05) is 30.7 Å². The lowest BCUT2D eigenvalue weighted by Gasteiger charge is -2.24. The van der Waals surface area contributed by atoms with Gasteiger partial charge in [-0.05, 0) is 37.6 Å². The molecule has 0 aliphatic heterocycles. The second-order valence-electron chi connectivity index (χ2n) is 5.11. The highest BCUT2D eigenvalue weighted by molar-refractivity contribution is 6.31. The lowest BCUT2D eigenvalue weighted by Crippen LogP contribution is -2.27. The van der Waals surface area contributed by atoms with Crippen molar-refractivity contribution in [2.24, 2.45) is 0 Å². The van der Waals surface area contributed by atoms with E-state index in [9.17, 15) is 0 Å². The molecule has 0 aromatic heterocycles. The standard InChI is InChI=1S/C17H27ClN2O/c1-5-9-19-14(3)16-8-7-15(13-17(16)18)20(10-6-2)11-12-21-4/h6-8,13-14,19H,2,5,9-12H2,1,3-4H3. The van der Waals surface area contributed by atoms with Crippen molar-refractivity contribution in [1.29, 1.82) is 0 Å². The van der Waals surface area contributed by atoms with Crippen molar-refractivity contribution >= 4 is 17.3 Å². The Bertz CT molecular complexity index is 437. The summed E-state index contributed by atoms with van der Waals surface area (Å²) < 4.78 is 5.16. The number of nitrogens with zero attached hydrogens (tertiary/aromatic N) is 1. The third-order valence-electron chi connectivity index (χ3n) is 3.43. The molecule has 0 fully saturated rings. The van der Waals surface area contributed by atoms with Gasteiger partial charge in [-0.2, -0.15) is 0 Å². The summed E-state index contributed by atoms with van der Waals surface area (Å²) in [7, 11) is 1.71. The minimum absolute atomic E-state index is 0.262. The molecule has 1 N–H and O–H groups in total. The minimum Gasteiger partial charge on any atom is -0.383 e. The number of ether oxygens (including phenoxy) is 1. The van der Waals surface area contributed by atoms with E-state index in [2.05, 4.69) is 42.8 Å². The van der Waals surface area contributed by atoms with Crippen molar-refractivity contribution in [2.45, 2.75) is 26.3 Å². The number of halogens is 1. The average molecular weight is 311 g/mol. The zero-order valence-corrected chi connectivity index (χ0v) is 14.1. The van der Waals surface area contributed by atoms with E-state index >= 15 is 0 Å². The number of rotatable bonds is 10. The molecule has 1 aromatic rings. The van der Waals surface area contributed by atoms with E-state index in [0.717, 1.165) is 42.3 Å². The van der Waals surface area contributed by atoms with Crippen LogP contribution in [-0.4, -0.2) is 33.4 Å². The van der Waals surface area contributed by atoms with Gasteiger partial charge in [0.2, 0.25) is 0 Å². The van der Waals surface area contributed by atoms with Crippen molar-refractivity contribution in [3.8, 4) is 0 Å². The fourth-order valence-corrected chi connectivity index (χ4v) is 2.56. The zero-order valence-electron chi connectivity index (χ0n) is 13.4. The molecule has 0 amide bonds. The van der Waals surface area contributed by atoms with Gasteiger partial charge in [-0.3, -0.25) is 0 Å². The highest BCUT2D eigenvalue weighted by Crippen LogP contribution is 2.28. The highest BCUT2D eigenvalue weighted by atomic mass is 35.5. The Morgan fingerprint density at radius 1 is 1.48 bits per heavy atom. The average Bonchev–Trinajstić information content (AvgIpc) is 2.48. The fraction of sp³-hybridized carbons (Fsp3) is 0.529. The SMILES string of the molecule is C=CCN(CCOC)c1ccc(C(C)NCCC)c(Cl)c1. The Hall–Kier alpha value is -1.03. The number of anilines is 1. The van der Waals surface area contributed by atoms with Gasteiger partial charge in [0, 0.05) is 37.0 Å². The number of benzene rings is 1. The molecule has 1 atom stereocenters. The van der Waals surface area contributed by atoms with E-state index in [4.69, 9.17) is 16.3 Å². The van der Waals surface area contributed by atoms with Crippen molar-refractivity contribution in [2.75, 3.05) is 38.3 Å². The second kappa shape index (κ2) is 9.82. The summed E-state index contributed by atoms with van der Waals surface area (Å²) in [6, 6.07) is 6.51. The Balaban J connectivity index is 2.85. The molecule has 1 unspecified atom stereocenters. The quantitative estimate of drug-likeness (QED) is 0.660. The van der Waals surface area contributed by atoms with Gasteiger partial charge in [0.15, 0.2) is 0 Å². The smallest absolute Gasteiger partial charge is 0.0637 e. The first kappa shape index (κ1) is 18.0. The monoisotopic (exact) mass is 310 g/mol. The van der Waals surface area contributed by atoms with Crippen molar-refractivity contribution < 1.29 is 4.74 Å². The minimum atomic E-state index is 0.262. The summed E-state index contributed by atoms with van der Waals surface area (Å²) >= 11 is 6.46. The zero-order chi connectivity index (χ0) is 15.7. The summed E-state index contributed by atoms with van der Waals surface area (Å²) in [5, 5.41) is 4.26. The molecule has 0 aliphatic rings. The van der Waals surface area contributed by atoms with E-state index < -0.39 is 0 Å². The molecule has 0 saturated carbocycles. The van der Waals surface area contributed by atoms with Crippen LogP contribution in [0.2, 0.25) is 5.02 Å². The lowest BCUT2D eigenvalue weighted by molar-refractivity contribution is 0.206. The molecule has 21 heavy (non-hydrogen) atoms. The molecule has 0 aliphatic carbocycles. The molecule has 1 aromatic carbocycles. The fourth-order valence-electron chi connectivity index (χ4n) is 2.22. The van der Waals surface area contributed by atoms with Crippen LogP contribution >= 0.6 is 11.6 Å². The van der Waals surface area contributed by atoms with Gasteiger partial charge >= 0.3 is 0 Å². The van der Waals surface area contributed by atoms with Crippen LogP contribution in [0.5, 0.6) is 0 Å². The molecule has 0 saturated heterocycles. The molecule has 0 spiro atoms. The van der Waals surface area contributed by atoms with E-state index in [1.165, 1.54) is 0 Å². The van der Waals surface area contributed by atoms with Crippen molar-refractivity contribution in [1.82, 2.24) is 5.32 Å². The summed E-state index contributed by atoms with van der Waals surface area (Å²) in [4.78, 5) is 2.20. The summed E-state index contributed by atoms with van der Waals surface area (Å²) in [5.74, 6) is 0. The van der Waals surface area contributed by atoms with E-state index in [1.54, 1.807) is 7.11 Å². The number of hydrogen-bond acceptors (Lipinski definition) is 3. The maximum Gasteiger partial charge on any atom is 0.0637 e. The van der Waals surface area contributed by atoms with Gasteiger partial charge in [-0.25, -0.2) is 0 Å². The van der Waals surface area contributed by atoms with E-state index in [-0.39, 0.29) is 6.04 Å². The van der Waals surface area contributed by atoms with Crippen LogP contribution in [0.4, 0.5) is 5.69 Å². The molecule has 118 valence electrons. The van der Waals surface area contributed by atoms with Crippen LogP contribution in [0.3, 0.4) is 0 Å². The molecule has 0 radical (unpaired) electrons. The van der Waals surface area contributed by atoms with Gasteiger partial charge in [0.25, 0.3) is 0 Å². The lowest BCUT2D eigenvalue weighted by atomic mass is 10.1. The largest absolute Gasteiger partial charge is 0.383 e. The molecular formula is C17H27ClN2O. The number of methoxy groups -OCH3 is 1. The predicted molar refractivity (Wildman–Crippen MR) is 92.4 cm³/mol. The molecule has 0 heterocycles. The van der Waals surface area contributed by atoms with Crippen molar-refractivity contribution in [3.05, 3.63) is 41.4 Å². The van der Waals surface area contributed by atoms with Crippen LogP contribution in [0, 0.1) is 0 Å². The summed E-state index contributed by atoms with van der Waals surface area (Å²) in [5.41, 5.74) is 2.24. The van der Waals surface area contributed by atoms with Gasteiger partial charge in [-0.15, -0.1) is 6.58 Å². The molecular weight excluding hydrogens is 284 g/mol. The molecule has 4 heteroatoms. The molecule has 1 rings (SSSR count).